The maximum atomic E-state index is 13.1. The molecule has 2 aliphatic heterocycles. The summed E-state index contributed by atoms with van der Waals surface area (Å²) < 4.78 is 0. The van der Waals surface area contributed by atoms with Crippen LogP contribution in [0.15, 0.2) is 36.4 Å². The van der Waals surface area contributed by atoms with E-state index in [1.807, 2.05) is 0 Å². The number of imide groups is 2. The molecule has 7 N–H and O–H groups in total. The van der Waals surface area contributed by atoms with Gasteiger partial charge in [-0.1, -0.05) is 12.1 Å². The number of nitrogens with zero attached hydrogens (tertiary/aromatic N) is 1. The maximum Gasteiger partial charge on any atom is 0.264 e. The van der Waals surface area contributed by atoms with Crippen molar-refractivity contribution >= 4 is 35.2 Å². The summed E-state index contributed by atoms with van der Waals surface area (Å²) in [6, 6.07) is 6.95. The molecule has 0 aromatic heterocycles. The Morgan fingerprint density at radius 3 is 2.58 bits per heavy atom. The number of fused-ring (bicyclic) bond motifs is 1. The van der Waals surface area contributed by atoms with Gasteiger partial charge in [-0.2, -0.15) is 0 Å². The summed E-state index contributed by atoms with van der Waals surface area (Å²) in [6.07, 6.45) is 0.242. The van der Waals surface area contributed by atoms with E-state index in [4.69, 9.17) is 5.73 Å². The Labute approximate surface area is 205 Å². The smallest absolute Gasteiger partial charge is 0.264 e. The molecule has 0 saturated carbocycles. The largest absolute Gasteiger partial charge is 0.504 e. The maximum absolute atomic E-state index is 13.1. The number of hydrogen-bond donors (Lipinski definition) is 6. The Morgan fingerprint density at radius 1 is 1.08 bits per heavy atom. The molecule has 188 valence electrons. The number of rotatable bonds is 8. The van der Waals surface area contributed by atoms with Gasteiger partial charge in [0.05, 0.1) is 17.2 Å². The van der Waals surface area contributed by atoms with Crippen LogP contribution >= 0.6 is 0 Å². The van der Waals surface area contributed by atoms with Crippen molar-refractivity contribution < 1.29 is 34.2 Å². The van der Waals surface area contributed by atoms with Crippen LogP contribution in [0, 0.1) is 0 Å². The highest BCUT2D eigenvalue weighted by molar-refractivity contribution is 6.25. The van der Waals surface area contributed by atoms with Crippen LogP contribution in [-0.2, 0) is 20.8 Å². The van der Waals surface area contributed by atoms with Gasteiger partial charge in [0.25, 0.3) is 11.8 Å². The highest BCUT2D eigenvalue weighted by atomic mass is 16.3. The second-order valence-corrected chi connectivity index (χ2v) is 8.53. The topological polar surface area (TPSA) is 191 Å². The number of amides is 5. The zero-order valence-electron chi connectivity index (χ0n) is 19.1. The van der Waals surface area contributed by atoms with Gasteiger partial charge in [0.1, 0.15) is 6.04 Å². The van der Waals surface area contributed by atoms with Crippen LogP contribution in [0.25, 0.3) is 0 Å². The van der Waals surface area contributed by atoms with Gasteiger partial charge < -0.3 is 26.6 Å². The Bertz CT molecular complexity index is 1260. The van der Waals surface area contributed by atoms with E-state index in [-0.39, 0.29) is 55.0 Å². The van der Waals surface area contributed by atoms with Crippen LogP contribution in [0.2, 0.25) is 0 Å². The monoisotopic (exact) mass is 495 g/mol. The molecule has 36 heavy (non-hydrogen) atoms. The lowest BCUT2D eigenvalue weighted by Gasteiger charge is -2.27. The number of phenols is 2. The minimum absolute atomic E-state index is 0.0324. The van der Waals surface area contributed by atoms with Crippen molar-refractivity contribution in [1.29, 1.82) is 0 Å². The standard InChI is InChI=1S/C24H25N5O7/c25-14(10-12-4-6-17(30)18(31)11-12)21(33)27-9-8-26-15-3-1-2-13-20(15)24(36)29(23(13)35)16-5-7-19(32)28-22(16)34/h1-4,6,11,14,16,26,30-31H,5,7-10,25H2,(H,27,33)(H,28,32,34)/t14-,16?/m0/s1. The number of aromatic hydroxyl groups is 2. The van der Waals surface area contributed by atoms with Gasteiger partial charge in [0.2, 0.25) is 17.7 Å². The molecule has 2 aromatic rings. The molecule has 12 nitrogen and oxygen atoms in total. The molecule has 1 fully saturated rings. The molecule has 0 aliphatic carbocycles. The van der Waals surface area contributed by atoms with Crippen molar-refractivity contribution in [2.75, 3.05) is 18.4 Å². The first-order valence-corrected chi connectivity index (χ1v) is 11.3. The first-order chi connectivity index (χ1) is 17.2. The molecule has 0 bridgehead atoms. The van der Waals surface area contributed by atoms with E-state index >= 15 is 0 Å². The van der Waals surface area contributed by atoms with Crippen LogP contribution in [0.4, 0.5) is 5.69 Å². The van der Waals surface area contributed by atoms with Crippen LogP contribution in [0.5, 0.6) is 11.5 Å². The van der Waals surface area contributed by atoms with Crippen LogP contribution in [0.3, 0.4) is 0 Å². The van der Waals surface area contributed by atoms with Crippen LogP contribution in [0.1, 0.15) is 39.1 Å². The third-order valence-electron chi connectivity index (χ3n) is 6.04. The molecule has 2 heterocycles. The third kappa shape index (κ3) is 4.84. The molecule has 12 heteroatoms. The fraction of sp³-hybridized carbons (Fsp3) is 0.292. The number of anilines is 1. The number of nitrogens with one attached hydrogen (secondary N) is 3. The summed E-state index contributed by atoms with van der Waals surface area (Å²) in [4.78, 5) is 62.8. The van der Waals surface area contributed by atoms with Gasteiger partial charge in [-0.3, -0.25) is 34.2 Å². The van der Waals surface area contributed by atoms with E-state index in [0.717, 1.165) is 4.90 Å². The van der Waals surface area contributed by atoms with Crippen molar-refractivity contribution in [3.8, 4) is 11.5 Å². The van der Waals surface area contributed by atoms with Gasteiger partial charge in [-0.05, 0) is 42.7 Å². The first-order valence-electron chi connectivity index (χ1n) is 11.3. The number of nitrogens with two attached hydrogens (primary N) is 1. The van der Waals surface area contributed by atoms with Crippen molar-refractivity contribution in [1.82, 2.24) is 15.5 Å². The summed E-state index contributed by atoms with van der Waals surface area (Å²) in [5, 5.41) is 26.8. The fourth-order valence-electron chi connectivity index (χ4n) is 4.22. The highest BCUT2D eigenvalue weighted by Crippen LogP contribution is 2.32. The molecule has 0 spiro atoms. The molecule has 4 rings (SSSR count). The number of benzene rings is 2. The van der Waals surface area contributed by atoms with Gasteiger partial charge in [-0.15, -0.1) is 0 Å². The molecular formula is C24H25N5O7. The second kappa shape index (κ2) is 10.0. The Balaban J connectivity index is 1.34. The van der Waals surface area contributed by atoms with E-state index in [1.54, 1.807) is 18.2 Å². The summed E-state index contributed by atoms with van der Waals surface area (Å²) in [5.74, 6) is -3.36. The SMILES string of the molecule is N[C@@H](Cc1ccc(O)c(O)c1)C(=O)NCCNc1cccc2c1C(=O)N(C1CCC(=O)NC1=O)C2=O. The van der Waals surface area contributed by atoms with E-state index in [0.29, 0.717) is 11.3 Å². The summed E-state index contributed by atoms with van der Waals surface area (Å²) in [7, 11) is 0. The average molecular weight is 495 g/mol. The minimum atomic E-state index is -1.06. The number of phenolic OH excluding ortho intramolecular Hbond substituents is 2. The minimum Gasteiger partial charge on any atom is -0.504 e. The molecule has 2 aromatic carbocycles. The average Bonchev–Trinajstić information content (AvgIpc) is 3.09. The summed E-state index contributed by atoms with van der Waals surface area (Å²) in [6.45, 7) is 0.380. The van der Waals surface area contributed by atoms with E-state index in [1.165, 1.54) is 18.2 Å². The normalized spacial score (nSPS) is 18.0. The van der Waals surface area contributed by atoms with Crippen molar-refractivity contribution in [2.24, 2.45) is 5.73 Å². The Morgan fingerprint density at radius 2 is 1.86 bits per heavy atom. The number of piperidine rings is 1. The highest BCUT2D eigenvalue weighted by Gasteiger charge is 2.45. The van der Waals surface area contributed by atoms with Crippen LogP contribution < -0.4 is 21.7 Å². The third-order valence-corrected chi connectivity index (χ3v) is 6.04. The quantitative estimate of drug-likeness (QED) is 0.161. The number of carbonyl (C=O) groups excluding carboxylic acids is 5. The van der Waals surface area contributed by atoms with Gasteiger partial charge in [0.15, 0.2) is 11.5 Å². The fourth-order valence-corrected chi connectivity index (χ4v) is 4.22. The molecule has 2 atom stereocenters. The summed E-state index contributed by atoms with van der Waals surface area (Å²) >= 11 is 0. The lowest BCUT2D eigenvalue weighted by molar-refractivity contribution is -0.136. The van der Waals surface area contributed by atoms with Crippen molar-refractivity contribution in [2.45, 2.75) is 31.3 Å². The van der Waals surface area contributed by atoms with Gasteiger partial charge >= 0.3 is 0 Å². The molecule has 5 amide bonds. The predicted octanol–water partition coefficient (Wildman–Crippen LogP) is -0.403. The Hall–Kier alpha value is -4.45. The zero-order valence-corrected chi connectivity index (χ0v) is 19.1. The Kier molecular flexibility index (Phi) is 6.88. The number of hydrogen-bond acceptors (Lipinski definition) is 9. The predicted molar refractivity (Wildman–Crippen MR) is 126 cm³/mol. The zero-order chi connectivity index (χ0) is 26.0. The van der Waals surface area contributed by atoms with Gasteiger partial charge in [-0.25, -0.2) is 0 Å². The van der Waals surface area contributed by atoms with E-state index in [9.17, 15) is 34.2 Å². The van der Waals surface area contributed by atoms with Crippen molar-refractivity contribution in [3.05, 3.63) is 53.1 Å². The molecular weight excluding hydrogens is 470 g/mol. The summed E-state index contributed by atoms with van der Waals surface area (Å²) in [5.41, 5.74) is 7.16. The first kappa shape index (κ1) is 24.7. The van der Waals surface area contributed by atoms with E-state index in [2.05, 4.69) is 16.0 Å². The lowest BCUT2D eigenvalue weighted by Crippen LogP contribution is -2.54. The molecule has 2 aliphatic rings. The van der Waals surface area contributed by atoms with Gasteiger partial charge in [0, 0.05) is 25.2 Å². The van der Waals surface area contributed by atoms with Crippen LogP contribution in [-0.4, -0.2) is 69.8 Å². The lowest BCUT2D eigenvalue weighted by atomic mass is 10.0. The second-order valence-electron chi connectivity index (χ2n) is 8.53. The molecule has 0 radical (unpaired) electrons. The molecule has 1 saturated heterocycles. The van der Waals surface area contributed by atoms with E-state index < -0.39 is 41.6 Å². The van der Waals surface area contributed by atoms with Crippen molar-refractivity contribution in [3.63, 3.8) is 0 Å². The number of carbonyl (C=O) groups is 5. The molecule has 1 unspecified atom stereocenters.